The van der Waals surface area contributed by atoms with Crippen LogP contribution in [-0.4, -0.2) is 34.2 Å². The molecule has 0 aliphatic carbocycles. The fourth-order valence-corrected chi connectivity index (χ4v) is 1.01. The number of carboxylic acid groups (broad SMARTS) is 1. The first kappa shape index (κ1) is 14.3. The Bertz CT molecular complexity index is 248. The maximum atomic E-state index is 12.3. The number of carboxylic acids is 1. The lowest BCUT2D eigenvalue weighted by Crippen LogP contribution is -2.50. The summed E-state index contributed by atoms with van der Waals surface area (Å²) in [6.45, 7) is 0. The Morgan fingerprint density at radius 2 is 1.47 bits per heavy atom. The van der Waals surface area contributed by atoms with Crippen molar-refractivity contribution in [2.24, 2.45) is 0 Å². The van der Waals surface area contributed by atoms with Crippen LogP contribution in [0.5, 0.6) is 0 Å². The Balaban J connectivity index is 4.77. The molecule has 0 aromatic rings. The Morgan fingerprint density at radius 1 is 1.07 bits per heavy atom. The van der Waals surface area contributed by atoms with Crippen LogP contribution in [0.25, 0.3) is 0 Å². The maximum Gasteiger partial charge on any atom is 0.460 e. The second-order valence-electron chi connectivity index (χ2n) is 2.27. The molecule has 0 saturated carbocycles. The van der Waals surface area contributed by atoms with Crippen molar-refractivity contribution in [3.05, 3.63) is 0 Å². The quantitative estimate of drug-likeness (QED) is 0.789. The van der Waals surface area contributed by atoms with Crippen molar-refractivity contribution in [1.29, 1.82) is 0 Å². The SMILES string of the molecule is O=C(O)CSC(F)(F)C(F)(F)C(F)(F)F. The minimum Gasteiger partial charge on any atom is -0.481 e. The minimum atomic E-state index is -6.43. The monoisotopic (exact) mass is 260 g/mol. The average molecular weight is 260 g/mol. The largest absolute Gasteiger partial charge is 0.481 e. The second-order valence-corrected chi connectivity index (χ2v) is 3.36. The van der Waals surface area contributed by atoms with E-state index in [0.29, 0.717) is 0 Å². The highest BCUT2D eigenvalue weighted by Gasteiger charge is 2.73. The van der Waals surface area contributed by atoms with Gasteiger partial charge in [0.25, 0.3) is 0 Å². The van der Waals surface area contributed by atoms with Crippen LogP contribution in [0, 0.1) is 0 Å². The van der Waals surface area contributed by atoms with Crippen LogP contribution < -0.4 is 0 Å². The molecular formula is C5H3F7O2S. The molecule has 0 unspecified atom stereocenters. The van der Waals surface area contributed by atoms with E-state index in [-0.39, 0.29) is 0 Å². The Kier molecular flexibility index (Phi) is 3.88. The summed E-state index contributed by atoms with van der Waals surface area (Å²) in [6, 6.07) is 0. The van der Waals surface area contributed by atoms with Crippen molar-refractivity contribution in [2.75, 3.05) is 5.75 Å². The number of thioether (sulfide) groups is 1. The van der Waals surface area contributed by atoms with Crippen LogP contribution in [0.2, 0.25) is 0 Å². The van der Waals surface area contributed by atoms with E-state index in [4.69, 9.17) is 5.11 Å². The van der Waals surface area contributed by atoms with Gasteiger partial charge in [-0.1, -0.05) is 11.8 Å². The van der Waals surface area contributed by atoms with E-state index in [1.165, 1.54) is 0 Å². The number of alkyl halides is 7. The number of halogens is 7. The van der Waals surface area contributed by atoms with Crippen LogP contribution in [0.3, 0.4) is 0 Å². The first-order chi connectivity index (χ1) is 6.42. The second kappa shape index (κ2) is 4.06. The first-order valence-electron chi connectivity index (χ1n) is 3.10. The topological polar surface area (TPSA) is 37.3 Å². The first-order valence-corrected chi connectivity index (χ1v) is 4.08. The van der Waals surface area contributed by atoms with Crippen molar-refractivity contribution < 1.29 is 40.6 Å². The summed E-state index contributed by atoms with van der Waals surface area (Å²) in [5.74, 6) is -9.74. The van der Waals surface area contributed by atoms with Gasteiger partial charge >= 0.3 is 23.3 Å². The van der Waals surface area contributed by atoms with Gasteiger partial charge in [0.1, 0.15) is 0 Å². The predicted octanol–water partition coefficient (Wildman–Crippen LogP) is 2.59. The zero-order valence-corrected chi connectivity index (χ0v) is 7.43. The molecule has 0 aliphatic rings. The van der Waals surface area contributed by atoms with E-state index in [1.54, 1.807) is 0 Å². The molecule has 0 bridgehead atoms. The van der Waals surface area contributed by atoms with Crippen LogP contribution in [0.15, 0.2) is 0 Å². The molecular weight excluding hydrogens is 257 g/mol. The van der Waals surface area contributed by atoms with Crippen molar-refractivity contribution in [3.8, 4) is 0 Å². The van der Waals surface area contributed by atoms with Gasteiger partial charge in [0.05, 0.1) is 5.75 Å². The Morgan fingerprint density at radius 3 is 1.73 bits per heavy atom. The molecule has 15 heavy (non-hydrogen) atoms. The number of aliphatic carboxylic acids is 1. The highest BCUT2D eigenvalue weighted by molar-refractivity contribution is 8.01. The number of hydrogen-bond donors (Lipinski definition) is 1. The maximum absolute atomic E-state index is 12.3. The van der Waals surface area contributed by atoms with Crippen LogP contribution in [-0.2, 0) is 4.79 Å². The molecule has 0 radical (unpaired) electrons. The zero-order valence-electron chi connectivity index (χ0n) is 6.62. The molecule has 10 heteroatoms. The van der Waals surface area contributed by atoms with E-state index in [9.17, 15) is 35.5 Å². The summed E-state index contributed by atoms with van der Waals surface area (Å²) in [6.07, 6.45) is -6.43. The molecule has 0 atom stereocenters. The van der Waals surface area contributed by atoms with Gasteiger partial charge < -0.3 is 5.11 Å². The molecule has 1 N–H and O–H groups in total. The third-order valence-corrected chi connectivity index (χ3v) is 2.11. The molecule has 0 amide bonds. The molecule has 90 valence electrons. The molecule has 0 spiro atoms. The summed E-state index contributed by atoms with van der Waals surface area (Å²) in [4.78, 5) is 9.74. The van der Waals surface area contributed by atoms with E-state index in [2.05, 4.69) is 0 Å². The fourth-order valence-electron chi connectivity index (χ4n) is 0.408. The highest BCUT2D eigenvalue weighted by atomic mass is 32.2. The van der Waals surface area contributed by atoms with Gasteiger partial charge in [-0.25, -0.2) is 0 Å². The summed E-state index contributed by atoms with van der Waals surface area (Å²) in [5, 5.41) is 2.35. The molecule has 0 aromatic carbocycles. The molecule has 0 saturated heterocycles. The Labute approximate surface area is 82.4 Å². The van der Waals surface area contributed by atoms with E-state index in [0.717, 1.165) is 0 Å². The molecule has 2 nitrogen and oxygen atoms in total. The molecule has 0 rings (SSSR count). The lowest BCUT2D eigenvalue weighted by Gasteiger charge is -2.26. The van der Waals surface area contributed by atoms with Crippen LogP contribution >= 0.6 is 11.8 Å². The molecule has 0 aliphatic heterocycles. The molecule has 0 heterocycles. The minimum absolute atomic E-state index is 1.28. The number of hydrogen-bond acceptors (Lipinski definition) is 2. The smallest absolute Gasteiger partial charge is 0.460 e. The average Bonchev–Trinajstić information content (AvgIpc) is 1.98. The summed E-state index contributed by atoms with van der Waals surface area (Å²) >= 11 is -1.28. The predicted molar refractivity (Wildman–Crippen MR) is 36.0 cm³/mol. The van der Waals surface area contributed by atoms with E-state index in [1.807, 2.05) is 0 Å². The van der Waals surface area contributed by atoms with Gasteiger partial charge in [0.2, 0.25) is 0 Å². The molecule has 0 fully saturated rings. The lowest BCUT2D eigenvalue weighted by atomic mass is 10.3. The van der Waals surface area contributed by atoms with Crippen molar-refractivity contribution in [3.63, 3.8) is 0 Å². The summed E-state index contributed by atoms with van der Waals surface area (Å²) in [7, 11) is 0. The zero-order chi connectivity index (χ0) is 12.5. The van der Waals surface area contributed by atoms with Gasteiger partial charge in [-0.15, -0.1) is 0 Å². The van der Waals surface area contributed by atoms with Gasteiger partial charge in [-0.2, -0.15) is 30.7 Å². The van der Waals surface area contributed by atoms with Crippen LogP contribution in [0.4, 0.5) is 30.7 Å². The van der Waals surface area contributed by atoms with E-state index < -0.39 is 40.8 Å². The number of rotatable bonds is 4. The fraction of sp³-hybridized carbons (Fsp3) is 0.800. The molecule has 0 aromatic heterocycles. The summed E-state index contributed by atoms with van der Waals surface area (Å²) < 4.78 is 83.1. The standard InChI is InChI=1S/C5H3F7O2S/c6-3(7,4(8,9)10)5(11,12)15-1-2(13)14/h1H2,(H,13,14). The number of carbonyl (C=O) groups is 1. The van der Waals surface area contributed by atoms with E-state index >= 15 is 0 Å². The van der Waals surface area contributed by atoms with Gasteiger partial charge in [-0.05, 0) is 0 Å². The van der Waals surface area contributed by atoms with Crippen molar-refractivity contribution in [2.45, 2.75) is 17.4 Å². The van der Waals surface area contributed by atoms with Crippen molar-refractivity contribution >= 4 is 17.7 Å². The van der Waals surface area contributed by atoms with Crippen molar-refractivity contribution in [1.82, 2.24) is 0 Å². The van der Waals surface area contributed by atoms with Gasteiger partial charge in [0, 0.05) is 0 Å². The summed E-state index contributed by atoms with van der Waals surface area (Å²) in [5.41, 5.74) is 0. The third-order valence-electron chi connectivity index (χ3n) is 1.10. The third kappa shape index (κ3) is 3.14. The lowest BCUT2D eigenvalue weighted by molar-refractivity contribution is -0.330. The highest BCUT2D eigenvalue weighted by Crippen LogP contribution is 2.51. The Hall–Kier alpha value is -0.670. The van der Waals surface area contributed by atoms with Gasteiger partial charge in [0.15, 0.2) is 0 Å². The van der Waals surface area contributed by atoms with Gasteiger partial charge in [-0.3, -0.25) is 4.79 Å². The normalized spacial score (nSPS) is 14.1. The van der Waals surface area contributed by atoms with Crippen LogP contribution in [0.1, 0.15) is 0 Å².